The average molecular weight is 419 g/mol. The normalized spacial score (nSPS) is 21.1. The predicted octanol–water partition coefficient (Wildman–Crippen LogP) is 2.60. The second-order valence-electron chi connectivity index (χ2n) is 9.12. The molecule has 0 saturated carbocycles. The highest BCUT2D eigenvalue weighted by atomic mass is 16.5. The van der Waals surface area contributed by atoms with Gasteiger partial charge in [-0.25, -0.2) is 0 Å². The summed E-state index contributed by atoms with van der Waals surface area (Å²) in [5, 5.41) is 1.18. The SMILES string of the molecule is COc1ccc2[nH]c3c(c2c1)CN(C(=O)C[NH+]1CCC(Cc2ccccc2)CC1)CC3. The Bertz CT molecular complexity index is 1050. The summed E-state index contributed by atoms with van der Waals surface area (Å²) in [4.78, 5) is 20.1. The number of aromatic amines is 1. The molecular formula is C26H32N3O2+. The molecule has 1 fully saturated rings. The van der Waals surface area contributed by atoms with Crippen molar-refractivity contribution < 1.29 is 14.4 Å². The lowest BCUT2D eigenvalue weighted by atomic mass is 9.90. The Hall–Kier alpha value is -2.79. The Balaban J connectivity index is 1.18. The van der Waals surface area contributed by atoms with Gasteiger partial charge in [0.2, 0.25) is 0 Å². The molecule has 3 aromatic rings. The topological polar surface area (TPSA) is 49.8 Å². The lowest BCUT2D eigenvalue weighted by Crippen LogP contribution is -3.14. The average Bonchev–Trinajstić information content (AvgIpc) is 3.18. The highest BCUT2D eigenvalue weighted by Crippen LogP contribution is 2.30. The minimum atomic E-state index is 0.291. The first-order valence-electron chi connectivity index (χ1n) is 11.5. The molecule has 1 aromatic heterocycles. The summed E-state index contributed by atoms with van der Waals surface area (Å²) in [6, 6.07) is 16.9. The number of nitrogens with one attached hydrogen (secondary N) is 2. The summed E-state index contributed by atoms with van der Waals surface area (Å²) >= 11 is 0. The van der Waals surface area contributed by atoms with Crippen LogP contribution in [0.15, 0.2) is 48.5 Å². The molecule has 31 heavy (non-hydrogen) atoms. The number of hydrogen-bond donors (Lipinski definition) is 2. The van der Waals surface area contributed by atoms with Crippen molar-refractivity contribution in [3.8, 4) is 5.75 Å². The van der Waals surface area contributed by atoms with E-state index in [1.807, 2.05) is 6.07 Å². The van der Waals surface area contributed by atoms with Gasteiger partial charge in [0.05, 0.1) is 20.2 Å². The van der Waals surface area contributed by atoms with Crippen LogP contribution in [-0.2, 0) is 24.2 Å². The number of carbonyl (C=O) groups is 1. The number of amides is 1. The van der Waals surface area contributed by atoms with Crippen molar-refractivity contribution in [1.29, 1.82) is 0 Å². The van der Waals surface area contributed by atoms with Gasteiger partial charge in [0, 0.05) is 41.7 Å². The number of hydrogen-bond acceptors (Lipinski definition) is 2. The maximum atomic E-state index is 13.1. The van der Waals surface area contributed by atoms with E-state index >= 15 is 0 Å². The summed E-state index contributed by atoms with van der Waals surface area (Å²) in [5.41, 5.74) is 5.09. The number of nitrogens with zero attached hydrogens (tertiary/aromatic N) is 1. The van der Waals surface area contributed by atoms with E-state index in [4.69, 9.17) is 4.74 Å². The number of methoxy groups -OCH3 is 1. The van der Waals surface area contributed by atoms with Gasteiger partial charge in [0.1, 0.15) is 5.75 Å². The van der Waals surface area contributed by atoms with Gasteiger partial charge < -0.3 is 19.5 Å². The van der Waals surface area contributed by atoms with Crippen LogP contribution in [0, 0.1) is 5.92 Å². The number of fused-ring (bicyclic) bond motifs is 3. The molecule has 5 rings (SSSR count). The van der Waals surface area contributed by atoms with Crippen molar-refractivity contribution in [2.24, 2.45) is 5.92 Å². The Morgan fingerprint density at radius 3 is 2.74 bits per heavy atom. The van der Waals surface area contributed by atoms with Crippen molar-refractivity contribution in [2.45, 2.75) is 32.2 Å². The van der Waals surface area contributed by atoms with Crippen LogP contribution in [-0.4, -0.2) is 49.1 Å². The fourth-order valence-electron chi connectivity index (χ4n) is 5.27. The smallest absolute Gasteiger partial charge is 0.278 e. The van der Waals surface area contributed by atoms with E-state index in [9.17, 15) is 4.79 Å². The highest BCUT2D eigenvalue weighted by Gasteiger charge is 2.29. The molecule has 2 aliphatic rings. The van der Waals surface area contributed by atoms with E-state index in [1.165, 1.54) is 46.4 Å². The zero-order valence-corrected chi connectivity index (χ0v) is 18.3. The summed E-state index contributed by atoms with van der Waals surface area (Å²) in [7, 11) is 1.70. The third-order valence-corrected chi connectivity index (χ3v) is 7.12. The number of piperidine rings is 1. The number of likely N-dealkylation sites (tertiary alicyclic amines) is 1. The minimum Gasteiger partial charge on any atom is -0.497 e. The van der Waals surface area contributed by atoms with Crippen molar-refractivity contribution >= 4 is 16.8 Å². The lowest BCUT2D eigenvalue weighted by molar-refractivity contribution is -0.898. The minimum absolute atomic E-state index is 0.291. The molecule has 1 saturated heterocycles. The Morgan fingerprint density at radius 1 is 1.16 bits per heavy atom. The second kappa shape index (κ2) is 8.75. The van der Waals surface area contributed by atoms with E-state index in [1.54, 1.807) is 7.11 Å². The quantitative estimate of drug-likeness (QED) is 0.669. The van der Waals surface area contributed by atoms with E-state index < -0.39 is 0 Å². The van der Waals surface area contributed by atoms with Crippen LogP contribution in [0.3, 0.4) is 0 Å². The Labute approximate surface area is 184 Å². The van der Waals surface area contributed by atoms with Crippen LogP contribution in [0.1, 0.15) is 29.7 Å². The summed E-state index contributed by atoms with van der Waals surface area (Å²) in [6.45, 7) is 4.34. The molecule has 0 aliphatic carbocycles. The molecule has 5 nitrogen and oxygen atoms in total. The van der Waals surface area contributed by atoms with Crippen LogP contribution >= 0.6 is 0 Å². The molecule has 0 radical (unpaired) electrons. The van der Waals surface area contributed by atoms with Crippen molar-refractivity contribution in [2.75, 3.05) is 33.3 Å². The molecular weight excluding hydrogens is 386 g/mol. The van der Waals surface area contributed by atoms with Gasteiger partial charge in [0.15, 0.2) is 6.54 Å². The highest BCUT2D eigenvalue weighted by molar-refractivity contribution is 5.87. The molecule has 162 valence electrons. The number of ether oxygens (including phenoxy) is 1. The van der Waals surface area contributed by atoms with Crippen LogP contribution in [0.25, 0.3) is 10.9 Å². The summed E-state index contributed by atoms with van der Waals surface area (Å²) in [5.74, 6) is 1.90. The van der Waals surface area contributed by atoms with Gasteiger partial charge in [-0.15, -0.1) is 0 Å². The van der Waals surface area contributed by atoms with Gasteiger partial charge >= 0.3 is 0 Å². The lowest BCUT2D eigenvalue weighted by Gasteiger charge is -2.32. The van der Waals surface area contributed by atoms with Gasteiger partial charge in [-0.2, -0.15) is 0 Å². The van der Waals surface area contributed by atoms with Crippen LogP contribution in [0.4, 0.5) is 0 Å². The molecule has 2 aliphatic heterocycles. The first kappa shape index (κ1) is 20.1. The van der Waals surface area contributed by atoms with Gasteiger partial charge in [-0.05, 0) is 48.9 Å². The van der Waals surface area contributed by atoms with E-state index in [0.29, 0.717) is 19.0 Å². The Kier molecular flexibility index (Phi) is 5.68. The van der Waals surface area contributed by atoms with E-state index in [0.717, 1.165) is 43.2 Å². The number of benzene rings is 2. The summed E-state index contributed by atoms with van der Waals surface area (Å²) in [6.07, 6.45) is 4.49. The number of H-pyrrole nitrogens is 1. The van der Waals surface area contributed by atoms with Gasteiger partial charge in [-0.1, -0.05) is 30.3 Å². The zero-order chi connectivity index (χ0) is 21.2. The third kappa shape index (κ3) is 4.33. The maximum Gasteiger partial charge on any atom is 0.278 e. The molecule has 0 atom stereocenters. The first-order valence-corrected chi connectivity index (χ1v) is 11.5. The Morgan fingerprint density at radius 2 is 1.97 bits per heavy atom. The number of aromatic nitrogens is 1. The van der Waals surface area contributed by atoms with Crippen molar-refractivity contribution in [3.63, 3.8) is 0 Å². The maximum absolute atomic E-state index is 13.1. The number of carbonyl (C=O) groups excluding carboxylic acids is 1. The van der Waals surface area contributed by atoms with Crippen LogP contribution in [0.5, 0.6) is 5.75 Å². The molecule has 2 aromatic carbocycles. The monoisotopic (exact) mass is 418 g/mol. The predicted molar refractivity (Wildman–Crippen MR) is 122 cm³/mol. The molecule has 2 N–H and O–H groups in total. The summed E-state index contributed by atoms with van der Waals surface area (Å²) < 4.78 is 5.41. The van der Waals surface area contributed by atoms with Crippen LogP contribution in [0.2, 0.25) is 0 Å². The fourth-order valence-corrected chi connectivity index (χ4v) is 5.27. The molecule has 0 unspecified atom stereocenters. The standard InChI is InChI=1S/C26H31N3O2/c1-31-21-7-8-24-22(16-21)23-17-29(14-11-25(23)27-24)26(30)18-28-12-9-20(10-13-28)15-19-5-3-2-4-6-19/h2-8,16,20,27H,9-15,17-18H2,1H3/p+1. The number of quaternary nitrogens is 1. The molecule has 1 amide bonds. The van der Waals surface area contributed by atoms with E-state index in [2.05, 4.69) is 52.3 Å². The van der Waals surface area contributed by atoms with E-state index in [-0.39, 0.29) is 0 Å². The largest absolute Gasteiger partial charge is 0.497 e. The molecule has 0 bridgehead atoms. The fraction of sp³-hybridized carbons (Fsp3) is 0.423. The third-order valence-electron chi connectivity index (χ3n) is 7.12. The molecule has 3 heterocycles. The molecule has 5 heteroatoms. The van der Waals surface area contributed by atoms with Gasteiger partial charge in [0.25, 0.3) is 5.91 Å². The van der Waals surface area contributed by atoms with Crippen LogP contribution < -0.4 is 9.64 Å². The molecule has 0 spiro atoms. The number of rotatable bonds is 5. The second-order valence-corrected chi connectivity index (χ2v) is 9.12. The zero-order valence-electron chi connectivity index (χ0n) is 18.3. The van der Waals surface area contributed by atoms with Crippen molar-refractivity contribution in [1.82, 2.24) is 9.88 Å². The van der Waals surface area contributed by atoms with Gasteiger partial charge in [-0.3, -0.25) is 4.79 Å². The first-order chi connectivity index (χ1) is 15.2. The van der Waals surface area contributed by atoms with Crippen molar-refractivity contribution in [3.05, 3.63) is 65.4 Å².